The first kappa shape index (κ1) is 14.7. The van der Waals surface area contributed by atoms with E-state index in [2.05, 4.69) is 10.3 Å². The number of benzene rings is 1. The lowest BCUT2D eigenvalue weighted by atomic mass is 9.65. The van der Waals surface area contributed by atoms with Crippen molar-refractivity contribution in [2.75, 3.05) is 5.32 Å². The summed E-state index contributed by atoms with van der Waals surface area (Å²) in [6.45, 7) is 1.82. The largest absolute Gasteiger partial charge is 0.441 e. The van der Waals surface area contributed by atoms with Crippen molar-refractivity contribution in [1.29, 1.82) is 0 Å². The molecule has 0 radical (unpaired) electrons. The number of oxazole rings is 1. The number of nitrogens with zero attached hydrogens (tertiary/aromatic N) is 1. The quantitative estimate of drug-likeness (QED) is 0.892. The van der Waals surface area contributed by atoms with Gasteiger partial charge in [-0.1, -0.05) is 6.42 Å². The lowest BCUT2D eigenvalue weighted by Gasteiger charge is -2.43. The highest BCUT2D eigenvalue weighted by molar-refractivity contribution is 5.94. The van der Waals surface area contributed by atoms with E-state index in [0.29, 0.717) is 23.8 Å². The van der Waals surface area contributed by atoms with Crippen molar-refractivity contribution in [3.8, 4) is 0 Å². The molecule has 4 rings (SSSR count). The second kappa shape index (κ2) is 5.64. The van der Waals surface area contributed by atoms with Crippen LogP contribution >= 0.6 is 0 Å². The van der Waals surface area contributed by atoms with Crippen LogP contribution < -0.4 is 11.1 Å². The van der Waals surface area contributed by atoms with Gasteiger partial charge in [0.1, 0.15) is 5.52 Å². The topological polar surface area (TPSA) is 81.2 Å². The Kier molecular flexibility index (Phi) is 3.60. The van der Waals surface area contributed by atoms with E-state index < -0.39 is 0 Å². The fourth-order valence-electron chi connectivity index (χ4n) is 4.37. The van der Waals surface area contributed by atoms with Gasteiger partial charge in [-0.15, -0.1) is 0 Å². The minimum atomic E-state index is 0.0832. The molecule has 2 aliphatic carbocycles. The number of aromatic nitrogens is 1. The van der Waals surface area contributed by atoms with Crippen molar-refractivity contribution in [3.05, 3.63) is 24.1 Å². The number of carbonyl (C=O) groups is 1. The zero-order valence-electron chi connectivity index (χ0n) is 13.4. The summed E-state index contributed by atoms with van der Waals surface area (Å²) in [5.74, 6) is 1.86. The van der Waals surface area contributed by atoms with Gasteiger partial charge in [0, 0.05) is 24.6 Å². The van der Waals surface area contributed by atoms with Crippen LogP contribution in [-0.4, -0.2) is 16.9 Å². The maximum atomic E-state index is 12.7. The van der Waals surface area contributed by atoms with Crippen LogP contribution in [0.1, 0.15) is 38.0 Å². The summed E-state index contributed by atoms with van der Waals surface area (Å²) in [4.78, 5) is 17.0. The molecule has 122 valence electrons. The fourth-order valence-corrected chi connectivity index (χ4v) is 4.37. The lowest BCUT2D eigenvalue weighted by Crippen LogP contribution is -2.48. The number of aryl methyl sites for hydroxylation is 1. The van der Waals surface area contributed by atoms with E-state index in [4.69, 9.17) is 10.2 Å². The minimum Gasteiger partial charge on any atom is -0.441 e. The molecule has 0 saturated heterocycles. The highest BCUT2D eigenvalue weighted by atomic mass is 16.3. The Labute approximate surface area is 135 Å². The average Bonchev–Trinajstić information content (AvgIpc) is 2.86. The molecule has 0 aliphatic heterocycles. The van der Waals surface area contributed by atoms with Crippen molar-refractivity contribution in [2.24, 2.45) is 23.5 Å². The average molecular weight is 313 g/mol. The molecule has 23 heavy (non-hydrogen) atoms. The molecule has 0 spiro atoms. The molecular formula is C18H23N3O2. The molecule has 2 fully saturated rings. The van der Waals surface area contributed by atoms with Gasteiger partial charge in [-0.05, 0) is 55.7 Å². The molecule has 2 bridgehead atoms. The predicted octanol–water partition coefficient (Wildman–Crippen LogP) is 3.23. The second-order valence-corrected chi connectivity index (χ2v) is 7.10. The molecular weight excluding hydrogens is 290 g/mol. The van der Waals surface area contributed by atoms with Gasteiger partial charge >= 0.3 is 0 Å². The number of rotatable bonds is 2. The third-order valence-corrected chi connectivity index (χ3v) is 5.55. The van der Waals surface area contributed by atoms with E-state index in [9.17, 15) is 4.79 Å². The zero-order valence-corrected chi connectivity index (χ0v) is 13.4. The molecule has 1 aromatic carbocycles. The highest BCUT2D eigenvalue weighted by Crippen LogP contribution is 2.42. The molecule has 2 unspecified atom stereocenters. The molecule has 1 aromatic heterocycles. The Morgan fingerprint density at radius 3 is 2.78 bits per heavy atom. The minimum absolute atomic E-state index is 0.0832. The van der Waals surface area contributed by atoms with Crippen molar-refractivity contribution < 1.29 is 9.21 Å². The van der Waals surface area contributed by atoms with Gasteiger partial charge in [0.25, 0.3) is 0 Å². The molecule has 3 N–H and O–H groups in total. The monoisotopic (exact) mass is 313 g/mol. The van der Waals surface area contributed by atoms with Gasteiger partial charge in [-0.2, -0.15) is 0 Å². The van der Waals surface area contributed by atoms with Crippen LogP contribution in [0.5, 0.6) is 0 Å². The summed E-state index contributed by atoms with van der Waals surface area (Å²) in [6, 6.07) is 5.90. The maximum absolute atomic E-state index is 12.7. The van der Waals surface area contributed by atoms with E-state index in [1.54, 1.807) is 0 Å². The van der Waals surface area contributed by atoms with Crippen molar-refractivity contribution in [2.45, 2.75) is 45.1 Å². The normalized spacial score (nSPS) is 30.3. The highest BCUT2D eigenvalue weighted by Gasteiger charge is 2.40. The van der Waals surface area contributed by atoms with Crippen LogP contribution in [0.25, 0.3) is 11.1 Å². The molecule has 1 amide bonds. The van der Waals surface area contributed by atoms with E-state index >= 15 is 0 Å². The van der Waals surface area contributed by atoms with Gasteiger partial charge in [0.15, 0.2) is 11.5 Å². The number of carbonyl (C=O) groups excluding carboxylic acids is 1. The van der Waals surface area contributed by atoms with E-state index in [1.165, 1.54) is 19.3 Å². The van der Waals surface area contributed by atoms with E-state index in [1.807, 2.05) is 25.1 Å². The van der Waals surface area contributed by atoms with Crippen molar-refractivity contribution >= 4 is 22.7 Å². The third kappa shape index (κ3) is 2.74. The second-order valence-electron chi connectivity index (χ2n) is 7.10. The number of amides is 1. The maximum Gasteiger partial charge on any atom is 0.227 e. The molecule has 1 heterocycles. The summed E-state index contributed by atoms with van der Waals surface area (Å²) in [5, 5.41) is 3.06. The van der Waals surface area contributed by atoms with E-state index in [0.717, 1.165) is 29.6 Å². The smallest absolute Gasteiger partial charge is 0.227 e. The zero-order chi connectivity index (χ0) is 16.0. The first-order chi connectivity index (χ1) is 11.1. The molecule has 5 heteroatoms. The summed E-state index contributed by atoms with van der Waals surface area (Å²) in [7, 11) is 0. The lowest BCUT2D eigenvalue weighted by molar-refractivity contribution is -0.122. The van der Waals surface area contributed by atoms with Crippen LogP contribution in [0.4, 0.5) is 5.69 Å². The van der Waals surface area contributed by atoms with Gasteiger partial charge in [0.2, 0.25) is 5.91 Å². The molecule has 2 aromatic rings. The molecule has 2 saturated carbocycles. The summed E-state index contributed by atoms with van der Waals surface area (Å²) < 4.78 is 5.47. The van der Waals surface area contributed by atoms with Crippen LogP contribution in [0.3, 0.4) is 0 Å². The number of hydrogen-bond acceptors (Lipinski definition) is 4. The third-order valence-electron chi connectivity index (χ3n) is 5.55. The SMILES string of the molecule is Cc1nc2cc(NC(=O)C3CC4CCCC(C3)C4N)ccc2o1. The molecule has 2 atom stereocenters. The summed E-state index contributed by atoms with van der Waals surface area (Å²) in [6.07, 6.45) is 5.46. The fraction of sp³-hybridized carbons (Fsp3) is 0.556. The summed E-state index contributed by atoms with van der Waals surface area (Å²) in [5.41, 5.74) is 8.63. The number of anilines is 1. The molecule has 2 aliphatic rings. The Morgan fingerprint density at radius 2 is 2.04 bits per heavy atom. The number of fused-ring (bicyclic) bond motifs is 3. The predicted molar refractivity (Wildman–Crippen MR) is 88.9 cm³/mol. The van der Waals surface area contributed by atoms with Gasteiger partial charge in [-0.25, -0.2) is 4.98 Å². The van der Waals surface area contributed by atoms with Gasteiger partial charge < -0.3 is 15.5 Å². The van der Waals surface area contributed by atoms with Crippen LogP contribution in [0, 0.1) is 24.7 Å². The van der Waals surface area contributed by atoms with Crippen molar-refractivity contribution in [1.82, 2.24) is 4.98 Å². The Morgan fingerprint density at radius 1 is 1.30 bits per heavy atom. The number of nitrogens with two attached hydrogens (primary N) is 1. The standard InChI is InChI=1S/C18H23N3O2/c1-10-20-15-9-14(5-6-16(15)23-10)21-18(22)13-7-11-3-2-4-12(8-13)17(11)19/h5-6,9,11-13,17H,2-4,7-8,19H2,1H3,(H,21,22). The van der Waals surface area contributed by atoms with Gasteiger partial charge in [0.05, 0.1) is 0 Å². The van der Waals surface area contributed by atoms with Crippen LogP contribution in [0.2, 0.25) is 0 Å². The molecule has 5 nitrogen and oxygen atoms in total. The first-order valence-electron chi connectivity index (χ1n) is 8.54. The van der Waals surface area contributed by atoms with Crippen molar-refractivity contribution in [3.63, 3.8) is 0 Å². The Bertz CT molecular complexity index is 725. The summed E-state index contributed by atoms with van der Waals surface area (Å²) >= 11 is 0. The van der Waals surface area contributed by atoms with E-state index in [-0.39, 0.29) is 11.8 Å². The number of hydrogen-bond donors (Lipinski definition) is 2. The van der Waals surface area contributed by atoms with Crippen LogP contribution in [0.15, 0.2) is 22.6 Å². The van der Waals surface area contributed by atoms with Gasteiger partial charge in [-0.3, -0.25) is 4.79 Å². The number of nitrogens with one attached hydrogen (secondary N) is 1. The Balaban J connectivity index is 1.48. The van der Waals surface area contributed by atoms with Crippen LogP contribution in [-0.2, 0) is 4.79 Å². The Hall–Kier alpha value is -1.88. The first-order valence-corrected chi connectivity index (χ1v) is 8.54.